The van der Waals surface area contributed by atoms with Crippen molar-refractivity contribution >= 4 is 25.0 Å². The Kier molecular flexibility index (Phi) is 2.55. The fourth-order valence-electron chi connectivity index (χ4n) is 0. The maximum atomic E-state index is 2.11. The van der Waals surface area contributed by atoms with Crippen LogP contribution >= 0.6 is 0 Å². The average Bonchev–Trinajstić information content (AvgIpc) is 0.811. The molecule has 0 bridgehead atoms. The van der Waals surface area contributed by atoms with Crippen LogP contribution in [0.25, 0.3) is 0 Å². The Morgan fingerprint density at radius 2 is 1.50 bits per heavy atom. The fraction of sp³-hybridized carbons (Fsp3) is 1.00. The Morgan fingerprint density at radius 1 is 1.50 bits per heavy atom. The molecule has 0 fully saturated rings. The van der Waals surface area contributed by atoms with Crippen LogP contribution in [0.15, 0.2) is 0 Å². The van der Waals surface area contributed by atoms with Crippen LogP contribution in [0.5, 0.6) is 0 Å². The van der Waals surface area contributed by atoms with Crippen molar-refractivity contribution in [1.29, 1.82) is 0 Å². The summed E-state index contributed by atoms with van der Waals surface area (Å²) in [5.74, 6) is 0. The first kappa shape index (κ1) is 4.84. The van der Waals surface area contributed by atoms with Gasteiger partial charge in [0.15, 0.2) is 0 Å². The molecule has 0 unspecified atom stereocenters. The monoisotopic (exact) mass is 253 g/mol. The molecule has 1 nitrogen and oxygen atoms in total. The second-order valence-corrected chi connectivity index (χ2v) is 3.96. The number of hydrogen-bond donors (Lipinski definition) is 0. The van der Waals surface area contributed by atoms with Gasteiger partial charge >= 0.3 is 41.9 Å². The number of rotatable bonds is 0. The molecule has 0 aromatic heterocycles. The molecule has 0 saturated heterocycles. The molecular weight excluding hydrogens is 247 g/mol. The van der Waals surface area contributed by atoms with E-state index in [2.05, 4.69) is 2.84 Å². The third-order valence-corrected chi connectivity index (χ3v) is 0. The summed E-state index contributed by atoms with van der Waals surface area (Å²) in [6.45, 7) is 0. The van der Waals surface area contributed by atoms with Crippen LogP contribution in [-0.2, 0) is 0 Å². The summed E-state index contributed by atoms with van der Waals surface area (Å²) < 4.78 is 2.11. The Morgan fingerprint density at radius 3 is 1.50 bits per heavy atom. The van der Waals surface area contributed by atoms with Gasteiger partial charge in [0.05, 0.1) is 0 Å². The normalized spacial score (nSPS) is 8.75. The fourth-order valence-corrected chi connectivity index (χ4v) is 0. The molecule has 2 radical (unpaired) electrons. The van der Waals surface area contributed by atoms with Crippen LogP contribution in [0, 0.1) is 0 Å². The first-order valence-corrected chi connectivity index (χ1v) is 2.65. The molecule has 0 aliphatic rings. The van der Waals surface area contributed by atoms with Crippen LogP contribution in [0.1, 0.15) is 0 Å². The van der Waals surface area contributed by atoms with Gasteiger partial charge in [0, 0.05) is 0 Å². The van der Waals surface area contributed by atoms with Gasteiger partial charge in [-0.1, -0.05) is 0 Å². The zero-order valence-electron chi connectivity index (χ0n) is 2.89. The van der Waals surface area contributed by atoms with Gasteiger partial charge in [-0.2, -0.15) is 0 Å². The molecule has 0 aliphatic heterocycles. The van der Waals surface area contributed by atoms with Crippen molar-refractivity contribution < 1.29 is 0 Å². The molecule has 0 saturated carbocycles. The van der Waals surface area contributed by atoms with Crippen LogP contribution in [0.4, 0.5) is 0 Å². The van der Waals surface area contributed by atoms with E-state index in [-0.39, 0.29) is 0 Å². The van der Waals surface area contributed by atoms with E-state index in [1.165, 1.54) is 25.0 Å². The summed E-state index contributed by atoms with van der Waals surface area (Å²) in [6, 6.07) is 0. The Labute approximate surface area is 42.2 Å². The molecule has 0 atom stereocenters. The molecule has 0 heterocycles. The first-order valence-electron chi connectivity index (χ1n) is 1.09. The summed E-state index contributed by atoms with van der Waals surface area (Å²) >= 11 is 1.35. The predicted molar refractivity (Wildman–Crippen MR) is 19.4 cm³/mol. The topological polar surface area (TPSA) is 3.24 Å². The van der Waals surface area contributed by atoms with Crippen molar-refractivity contribution in [2.24, 2.45) is 0 Å². The third kappa shape index (κ3) is 13.6. The van der Waals surface area contributed by atoms with Crippen LogP contribution < -0.4 is 0 Å². The van der Waals surface area contributed by atoms with Crippen molar-refractivity contribution in [2.75, 3.05) is 14.1 Å². The average molecular weight is 253 g/mol. The predicted octanol–water partition coefficient (Wildman–Crippen LogP) is -0.369. The van der Waals surface area contributed by atoms with E-state index in [9.17, 15) is 0 Å². The molecule has 4 heavy (non-hydrogen) atoms. The standard InChI is InChI=1S/C2H6N.Bi/c1-3-2;/h1-2H3;/q-1;+3. The van der Waals surface area contributed by atoms with Gasteiger partial charge < -0.3 is 0 Å². The second-order valence-electron chi connectivity index (χ2n) is 0.847. The van der Waals surface area contributed by atoms with Crippen molar-refractivity contribution in [3.63, 3.8) is 0 Å². The van der Waals surface area contributed by atoms with Crippen LogP contribution in [-0.4, -0.2) is 41.9 Å². The summed E-state index contributed by atoms with van der Waals surface area (Å²) in [5.41, 5.74) is 0. The first-order chi connectivity index (χ1) is 1.73. The Balaban J connectivity index is 2.32. The zero-order valence-corrected chi connectivity index (χ0v) is 6.37. The van der Waals surface area contributed by atoms with Gasteiger partial charge in [-0.3, -0.25) is 0 Å². The van der Waals surface area contributed by atoms with Gasteiger partial charge in [-0.15, -0.1) is 0 Å². The van der Waals surface area contributed by atoms with Crippen molar-refractivity contribution in [3.05, 3.63) is 0 Å². The van der Waals surface area contributed by atoms with Gasteiger partial charge in [0.2, 0.25) is 0 Å². The van der Waals surface area contributed by atoms with E-state index in [0.717, 1.165) is 0 Å². The van der Waals surface area contributed by atoms with Crippen molar-refractivity contribution in [3.8, 4) is 0 Å². The summed E-state index contributed by atoms with van der Waals surface area (Å²) in [5, 5.41) is 0. The molecule has 22 valence electrons. The second kappa shape index (κ2) is 2.10. The summed E-state index contributed by atoms with van der Waals surface area (Å²) in [6.07, 6.45) is 0. The van der Waals surface area contributed by atoms with E-state index in [0.29, 0.717) is 0 Å². The minimum absolute atomic E-state index is 1.35. The SMILES string of the molecule is C[N](C)[Bi+2]. The van der Waals surface area contributed by atoms with E-state index in [4.69, 9.17) is 0 Å². The van der Waals surface area contributed by atoms with Gasteiger partial charge in [-0.05, 0) is 0 Å². The minimum atomic E-state index is 1.35. The maximum absolute atomic E-state index is 2.11. The number of nitrogens with zero attached hydrogens (tertiary/aromatic N) is 1. The molecule has 2 heteroatoms. The quantitative estimate of drug-likeness (QED) is 0.532. The van der Waals surface area contributed by atoms with E-state index in [1.54, 1.807) is 0 Å². The Hall–Kier alpha value is 0.843. The molecule has 0 N–H and O–H groups in total. The zero-order chi connectivity index (χ0) is 3.58. The van der Waals surface area contributed by atoms with Crippen LogP contribution in [0.3, 0.4) is 0 Å². The van der Waals surface area contributed by atoms with Gasteiger partial charge in [-0.25, -0.2) is 0 Å². The molecule has 0 amide bonds. The van der Waals surface area contributed by atoms with Gasteiger partial charge in [0.25, 0.3) is 0 Å². The molecule has 0 aromatic carbocycles. The molecule has 0 spiro atoms. The van der Waals surface area contributed by atoms with Crippen molar-refractivity contribution in [1.82, 2.24) is 2.84 Å². The molecule has 0 aliphatic carbocycles. The van der Waals surface area contributed by atoms with Gasteiger partial charge in [0.1, 0.15) is 0 Å². The van der Waals surface area contributed by atoms with E-state index in [1.807, 2.05) is 14.1 Å². The summed E-state index contributed by atoms with van der Waals surface area (Å²) in [4.78, 5) is 0. The molecule has 0 aromatic rings. The van der Waals surface area contributed by atoms with E-state index >= 15 is 0 Å². The summed E-state index contributed by atoms with van der Waals surface area (Å²) in [7, 11) is 4.10. The Bertz CT molecular complexity index is 10.8. The van der Waals surface area contributed by atoms with Crippen molar-refractivity contribution in [2.45, 2.75) is 0 Å². The molecular formula is C2H6BiN+2. The number of hydrogen-bond acceptors (Lipinski definition) is 1. The molecule has 0 rings (SSSR count). The third-order valence-electron chi connectivity index (χ3n) is 0. The van der Waals surface area contributed by atoms with E-state index < -0.39 is 0 Å². The van der Waals surface area contributed by atoms with Crippen LogP contribution in [0.2, 0.25) is 0 Å².